The predicted molar refractivity (Wildman–Crippen MR) is 91.1 cm³/mol. The molecule has 0 aromatic carbocycles. The number of amides is 1. The second-order valence-electron chi connectivity index (χ2n) is 6.64. The summed E-state index contributed by atoms with van der Waals surface area (Å²) in [6, 6.07) is 0. The van der Waals surface area contributed by atoms with E-state index in [2.05, 4.69) is 6.92 Å². The van der Waals surface area contributed by atoms with Gasteiger partial charge in [0, 0.05) is 6.42 Å². The maximum atomic E-state index is 10.6. The van der Waals surface area contributed by atoms with E-state index in [1.165, 1.54) is 77.0 Å². The van der Waals surface area contributed by atoms with E-state index in [1.807, 2.05) is 0 Å². The van der Waals surface area contributed by atoms with Crippen LogP contribution in [0.15, 0.2) is 11.1 Å². The summed E-state index contributed by atoms with van der Waals surface area (Å²) in [6.07, 6.45) is 19.1. The van der Waals surface area contributed by atoms with Crippen molar-refractivity contribution in [1.29, 1.82) is 0 Å². The first-order chi connectivity index (χ1) is 10.2. The first-order valence-corrected chi connectivity index (χ1v) is 9.22. The summed E-state index contributed by atoms with van der Waals surface area (Å²) in [5.41, 5.74) is 8.69. The Morgan fingerprint density at radius 3 is 1.81 bits per heavy atom. The van der Waals surface area contributed by atoms with Crippen LogP contribution < -0.4 is 5.73 Å². The average molecular weight is 293 g/mol. The normalized spacial score (nSPS) is 13.8. The molecule has 21 heavy (non-hydrogen) atoms. The summed E-state index contributed by atoms with van der Waals surface area (Å²) in [4.78, 5) is 10.6. The molecule has 1 aliphatic rings. The molecule has 0 spiro atoms. The molecule has 0 saturated carbocycles. The van der Waals surface area contributed by atoms with Gasteiger partial charge in [0.15, 0.2) is 0 Å². The number of nitrogens with two attached hydrogens (primary N) is 1. The van der Waals surface area contributed by atoms with E-state index in [1.54, 1.807) is 11.1 Å². The molecule has 0 heterocycles. The topological polar surface area (TPSA) is 43.1 Å². The highest BCUT2D eigenvalue weighted by molar-refractivity contribution is 5.73. The third-order valence-electron chi connectivity index (χ3n) is 4.54. The Balaban J connectivity index is 1.81. The van der Waals surface area contributed by atoms with Gasteiger partial charge in [-0.1, -0.05) is 69.4 Å². The van der Waals surface area contributed by atoms with Gasteiger partial charge in [-0.3, -0.25) is 4.79 Å². The average Bonchev–Trinajstić information content (AvgIpc) is 3.20. The zero-order valence-corrected chi connectivity index (χ0v) is 14.1. The molecule has 1 aliphatic carbocycles. The first-order valence-electron chi connectivity index (χ1n) is 9.22. The van der Waals surface area contributed by atoms with Crippen LogP contribution >= 0.6 is 0 Å². The van der Waals surface area contributed by atoms with Crippen molar-refractivity contribution in [2.75, 3.05) is 0 Å². The minimum absolute atomic E-state index is 0.154. The van der Waals surface area contributed by atoms with E-state index >= 15 is 0 Å². The van der Waals surface area contributed by atoms with Gasteiger partial charge in [-0.25, -0.2) is 0 Å². The highest BCUT2D eigenvalue weighted by Crippen LogP contribution is 2.38. The Morgan fingerprint density at radius 1 is 0.810 bits per heavy atom. The molecular weight excluding hydrogens is 258 g/mol. The lowest BCUT2D eigenvalue weighted by molar-refractivity contribution is -0.118. The standard InChI is InChI=1S/C19H35NO/c1-2-3-4-10-13-17-16-18(17)14-11-8-6-5-7-9-12-15-19(20)21/h2-16H2,1H3,(H2,20,21). The molecule has 0 aliphatic heterocycles. The van der Waals surface area contributed by atoms with Crippen molar-refractivity contribution in [3.05, 3.63) is 11.1 Å². The van der Waals surface area contributed by atoms with Crippen LogP contribution in [0.4, 0.5) is 0 Å². The largest absolute Gasteiger partial charge is 0.370 e. The van der Waals surface area contributed by atoms with Gasteiger partial charge in [0.1, 0.15) is 0 Å². The Kier molecular flexibility index (Phi) is 10.3. The van der Waals surface area contributed by atoms with Crippen LogP contribution in [0.3, 0.4) is 0 Å². The summed E-state index contributed by atoms with van der Waals surface area (Å²) >= 11 is 0. The van der Waals surface area contributed by atoms with E-state index < -0.39 is 0 Å². The van der Waals surface area contributed by atoms with Crippen molar-refractivity contribution < 1.29 is 4.79 Å². The third kappa shape index (κ3) is 10.6. The smallest absolute Gasteiger partial charge is 0.217 e. The molecule has 0 atom stereocenters. The minimum atomic E-state index is -0.154. The summed E-state index contributed by atoms with van der Waals surface area (Å²) in [6.45, 7) is 2.28. The summed E-state index contributed by atoms with van der Waals surface area (Å²) in [5, 5.41) is 0. The van der Waals surface area contributed by atoms with E-state index in [4.69, 9.17) is 5.73 Å². The molecule has 0 aromatic heterocycles. The predicted octanol–water partition coefficient (Wildman–Crippen LogP) is 5.65. The second-order valence-corrected chi connectivity index (χ2v) is 6.64. The summed E-state index contributed by atoms with van der Waals surface area (Å²) < 4.78 is 0. The van der Waals surface area contributed by atoms with Crippen LogP contribution in [0, 0.1) is 0 Å². The molecule has 0 unspecified atom stereocenters. The van der Waals surface area contributed by atoms with Crippen molar-refractivity contribution in [2.45, 2.75) is 103 Å². The number of unbranched alkanes of at least 4 members (excludes halogenated alkanes) is 9. The van der Waals surface area contributed by atoms with Gasteiger partial charge in [-0.2, -0.15) is 0 Å². The third-order valence-corrected chi connectivity index (χ3v) is 4.54. The quantitative estimate of drug-likeness (QED) is 0.307. The van der Waals surface area contributed by atoms with Crippen LogP contribution in [0.2, 0.25) is 0 Å². The fraction of sp³-hybridized carbons (Fsp3) is 0.842. The maximum Gasteiger partial charge on any atom is 0.217 e. The molecule has 0 fully saturated rings. The van der Waals surface area contributed by atoms with Crippen LogP contribution in [0.5, 0.6) is 0 Å². The van der Waals surface area contributed by atoms with Gasteiger partial charge >= 0.3 is 0 Å². The van der Waals surface area contributed by atoms with Gasteiger partial charge in [0.2, 0.25) is 5.91 Å². The fourth-order valence-electron chi connectivity index (χ4n) is 3.03. The van der Waals surface area contributed by atoms with E-state index in [0.29, 0.717) is 6.42 Å². The molecule has 2 heteroatoms. The van der Waals surface area contributed by atoms with Crippen molar-refractivity contribution in [1.82, 2.24) is 0 Å². The van der Waals surface area contributed by atoms with E-state index in [-0.39, 0.29) is 5.91 Å². The Morgan fingerprint density at radius 2 is 1.29 bits per heavy atom. The molecule has 0 bridgehead atoms. The van der Waals surface area contributed by atoms with Gasteiger partial charge in [-0.15, -0.1) is 0 Å². The van der Waals surface area contributed by atoms with Gasteiger partial charge < -0.3 is 5.73 Å². The van der Waals surface area contributed by atoms with Crippen LogP contribution in [0.1, 0.15) is 103 Å². The fourth-order valence-corrected chi connectivity index (χ4v) is 3.03. The lowest BCUT2D eigenvalue weighted by atomic mass is 10.1. The van der Waals surface area contributed by atoms with Crippen molar-refractivity contribution in [2.24, 2.45) is 5.73 Å². The number of hydrogen-bond acceptors (Lipinski definition) is 1. The number of carbonyl (C=O) groups excluding carboxylic acids is 1. The Bertz CT molecular complexity index is 320. The zero-order valence-electron chi connectivity index (χ0n) is 14.1. The van der Waals surface area contributed by atoms with Gasteiger partial charge in [0.25, 0.3) is 0 Å². The van der Waals surface area contributed by atoms with Crippen LogP contribution in [-0.2, 0) is 4.79 Å². The van der Waals surface area contributed by atoms with Crippen molar-refractivity contribution >= 4 is 5.91 Å². The lowest BCUT2D eigenvalue weighted by Gasteiger charge is -2.00. The highest BCUT2D eigenvalue weighted by Gasteiger charge is 2.19. The highest BCUT2D eigenvalue weighted by atomic mass is 16.1. The Hall–Kier alpha value is -0.790. The van der Waals surface area contributed by atoms with Crippen LogP contribution in [-0.4, -0.2) is 5.91 Å². The Labute approximate surface area is 131 Å². The monoisotopic (exact) mass is 293 g/mol. The lowest BCUT2D eigenvalue weighted by Crippen LogP contribution is -2.09. The first kappa shape index (κ1) is 18.3. The molecule has 2 nitrogen and oxygen atoms in total. The maximum absolute atomic E-state index is 10.6. The van der Waals surface area contributed by atoms with Gasteiger partial charge in [0.05, 0.1) is 0 Å². The molecule has 2 N–H and O–H groups in total. The number of allylic oxidation sites excluding steroid dienone is 2. The molecule has 1 amide bonds. The number of rotatable bonds is 15. The molecule has 122 valence electrons. The van der Waals surface area contributed by atoms with Crippen molar-refractivity contribution in [3.63, 3.8) is 0 Å². The van der Waals surface area contributed by atoms with E-state index in [0.717, 1.165) is 12.8 Å². The van der Waals surface area contributed by atoms with Crippen LogP contribution in [0.25, 0.3) is 0 Å². The summed E-state index contributed by atoms with van der Waals surface area (Å²) in [7, 11) is 0. The zero-order chi connectivity index (χ0) is 15.3. The minimum Gasteiger partial charge on any atom is -0.370 e. The molecule has 1 rings (SSSR count). The SMILES string of the molecule is CCCCCCC1=C(CCCCCCCCCC(N)=O)C1. The second kappa shape index (κ2) is 11.8. The van der Waals surface area contributed by atoms with E-state index in [9.17, 15) is 4.79 Å². The molecular formula is C19H35NO. The molecule has 0 aromatic rings. The van der Waals surface area contributed by atoms with Crippen molar-refractivity contribution in [3.8, 4) is 0 Å². The number of hydrogen-bond donors (Lipinski definition) is 1. The number of primary amides is 1. The molecule has 0 saturated heterocycles. The van der Waals surface area contributed by atoms with Gasteiger partial charge in [-0.05, 0) is 38.5 Å². The molecule has 0 radical (unpaired) electrons. The number of carbonyl (C=O) groups is 1. The summed E-state index contributed by atoms with van der Waals surface area (Å²) in [5.74, 6) is -0.154.